The van der Waals surface area contributed by atoms with Crippen molar-refractivity contribution in [2.45, 2.75) is 56.7 Å². The third-order valence-electron chi connectivity index (χ3n) is 6.59. The standard InChI is InChI=1S/C21H26ClN5O4S/c1-21(29)7-3-4-17(21)27-18-13(10-16(22)20(27)28)12-24-19(15(18)11-23)25-14-5-8-26(9-6-14)32(2,30)31/h10,12,14,17,29H,3-9H2,1-2H3,(H,24,25)/t17-,21-/m1/s1. The molecule has 1 saturated heterocycles. The Morgan fingerprint density at radius 3 is 2.59 bits per heavy atom. The van der Waals surface area contributed by atoms with Crippen molar-refractivity contribution in [3.8, 4) is 6.07 Å². The number of pyridine rings is 2. The molecule has 1 aliphatic heterocycles. The minimum atomic E-state index is -3.24. The van der Waals surface area contributed by atoms with Crippen molar-refractivity contribution in [2.75, 3.05) is 24.7 Å². The molecule has 0 unspecified atom stereocenters. The summed E-state index contributed by atoms with van der Waals surface area (Å²) in [5, 5.41) is 24.8. The number of nitrogens with one attached hydrogen (secondary N) is 1. The minimum Gasteiger partial charge on any atom is -0.388 e. The lowest BCUT2D eigenvalue weighted by Gasteiger charge is -2.31. The van der Waals surface area contributed by atoms with Crippen molar-refractivity contribution < 1.29 is 13.5 Å². The van der Waals surface area contributed by atoms with Gasteiger partial charge < -0.3 is 10.4 Å². The number of piperidine rings is 1. The number of hydrogen-bond acceptors (Lipinski definition) is 7. The van der Waals surface area contributed by atoms with E-state index in [4.69, 9.17) is 11.6 Å². The van der Waals surface area contributed by atoms with Crippen LogP contribution in [0.25, 0.3) is 10.9 Å². The Morgan fingerprint density at radius 1 is 1.34 bits per heavy atom. The highest BCUT2D eigenvalue weighted by atomic mass is 35.5. The van der Waals surface area contributed by atoms with E-state index >= 15 is 0 Å². The lowest BCUT2D eigenvalue weighted by Crippen LogP contribution is -2.42. The van der Waals surface area contributed by atoms with Gasteiger partial charge in [0.1, 0.15) is 22.5 Å². The SMILES string of the molecule is C[C@@]1(O)CCC[C@H]1n1c(=O)c(Cl)cc2cnc(NC3CCN(S(C)(=O)=O)CC3)c(C#N)c21. The maximum atomic E-state index is 13.1. The van der Waals surface area contributed by atoms with Crippen LogP contribution in [0.2, 0.25) is 5.02 Å². The van der Waals surface area contributed by atoms with Crippen molar-refractivity contribution in [1.82, 2.24) is 13.9 Å². The van der Waals surface area contributed by atoms with Crippen molar-refractivity contribution >= 4 is 38.3 Å². The number of rotatable bonds is 4. The van der Waals surface area contributed by atoms with Crippen LogP contribution in [0.1, 0.15) is 50.6 Å². The second-order valence-corrected chi connectivity index (χ2v) is 11.3. The lowest BCUT2D eigenvalue weighted by atomic mass is 9.99. The summed E-state index contributed by atoms with van der Waals surface area (Å²) < 4.78 is 26.4. The number of fused-ring (bicyclic) bond motifs is 1. The number of halogens is 1. The van der Waals surface area contributed by atoms with Crippen LogP contribution < -0.4 is 10.9 Å². The molecule has 0 amide bonds. The van der Waals surface area contributed by atoms with Crippen LogP contribution in [-0.4, -0.2) is 58.4 Å². The van der Waals surface area contributed by atoms with Crippen LogP contribution in [0.5, 0.6) is 0 Å². The molecule has 2 atom stereocenters. The maximum absolute atomic E-state index is 13.1. The number of nitriles is 1. The third kappa shape index (κ3) is 4.10. The summed E-state index contributed by atoms with van der Waals surface area (Å²) in [7, 11) is -3.24. The van der Waals surface area contributed by atoms with Gasteiger partial charge in [0.15, 0.2) is 0 Å². The second kappa shape index (κ2) is 8.30. The smallest absolute Gasteiger partial charge is 0.270 e. The monoisotopic (exact) mass is 479 g/mol. The summed E-state index contributed by atoms with van der Waals surface area (Å²) in [5.74, 6) is 0.339. The zero-order chi connectivity index (χ0) is 23.3. The van der Waals surface area contributed by atoms with E-state index < -0.39 is 27.2 Å². The fourth-order valence-corrected chi connectivity index (χ4v) is 5.95. The highest BCUT2D eigenvalue weighted by Crippen LogP contribution is 2.41. The van der Waals surface area contributed by atoms with Crippen LogP contribution in [0.15, 0.2) is 17.1 Å². The first-order chi connectivity index (χ1) is 15.0. The van der Waals surface area contributed by atoms with Gasteiger partial charge in [-0.05, 0) is 45.1 Å². The molecule has 1 saturated carbocycles. The van der Waals surface area contributed by atoms with Crippen molar-refractivity contribution in [2.24, 2.45) is 0 Å². The van der Waals surface area contributed by atoms with Gasteiger partial charge in [-0.2, -0.15) is 5.26 Å². The Bertz CT molecular complexity index is 1260. The Labute approximate surface area is 191 Å². The van der Waals surface area contributed by atoms with E-state index in [0.717, 1.165) is 6.42 Å². The Morgan fingerprint density at radius 2 is 2.03 bits per heavy atom. The molecule has 2 aromatic heterocycles. The first-order valence-corrected chi connectivity index (χ1v) is 12.8. The predicted octanol–water partition coefficient (Wildman–Crippen LogP) is 2.23. The van der Waals surface area contributed by atoms with Gasteiger partial charge in [-0.15, -0.1) is 0 Å². The fraction of sp³-hybridized carbons (Fsp3) is 0.571. The van der Waals surface area contributed by atoms with E-state index in [1.165, 1.54) is 21.2 Å². The van der Waals surface area contributed by atoms with E-state index in [0.29, 0.717) is 55.5 Å². The van der Waals surface area contributed by atoms with E-state index in [1.54, 1.807) is 13.1 Å². The van der Waals surface area contributed by atoms with E-state index in [9.17, 15) is 23.6 Å². The summed E-state index contributed by atoms with van der Waals surface area (Å²) in [5.41, 5.74) is -0.921. The number of anilines is 1. The molecule has 0 spiro atoms. The average molecular weight is 480 g/mol. The normalized spacial score (nSPS) is 25.2. The van der Waals surface area contributed by atoms with Gasteiger partial charge in [-0.1, -0.05) is 11.6 Å². The van der Waals surface area contributed by atoms with Gasteiger partial charge in [0.2, 0.25) is 10.0 Å². The molecule has 2 fully saturated rings. The number of sulfonamides is 1. The molecule has 0 radical (unpaired) electrons. The van der Waals surface area contributed by atoms with Crippen LogP contribution in [0.4, 0.5) is 5.82 Å². The van der Waals surface area contributed by atoms with Crippen LogP contribution in [0, 0.1) is 11.3 Å². The molecule has 2 aromatic rings. The van der Waals surface area contributed by atoms with Gasteiger partial charge in [-0.3, -0.25) is 9.36 Å². The molecule has 9 nitrogen and oxygen atoms in total. The molecular formula is C21H26ClN5O4S. The average Bonchev–Trinajstić information content (AvgIpc) is 3.07. The van der Waals surface area contributed by atoms with Crippen molar-refractivity contribution in [3.63, 3.8) is 0 Å². The topological polar surface area (TPSA) is 128 Å². The van der Waals surface area contributed by atoms with Crippen molar-refractivity contribution in [3.05, 3.63) is 33.2 Å². The zero-order valence-corrected chi connectivity index (χ0v) is 19.6. The summed E-state index contributed by atoms with van der Waals surface area (Å²) >= 11 is 6.21. The number of nitrogens with zero attached hydrogens (tertiary/aromatic N) is 4. The Hall–Kier alpha value is -2.19. The molecule has 11 heteroatoms. The molecule has 0 bridgehead atoms. The summed E-state index contributed by atoms with van der Waals surface area (Å²) in [6.07, 6.45) is 5.81. The van der Waals surface area contributed by atoms with Gasteiger partial charge in [0, 0.05) is 30.7 Å². The van der Waals surface area contributed by atoms with Gasteiger partial charge in [0.25, 0.3) is 5.56 Å². The highest BCUT2D eigenvalue weighted by Gasteiger charge is 2.40. The molecule has 3 heterocycles. The first-order valence-electron chi connectivity index (χ1n) is 10.6. The van der Waals surface area contributed by atoms with Gasteiger partial charge in [-0.25, -0.2) is 17.7 Å². The Kier molecular flexibility index (Phi) is 5.96. The summed E-state index contributed by atoms with van der Waals surface area (Å²) in [6, 6.07) is 3.12. The minimum absolute atomic E-state index is 0.0137. The lowest BCUT2D eigenvalue weighted by molar-refractivity contribution is 0.0269. The second-order valence-electron chi connectivity index (χ2n) is 8.91. The van der Waals surface area contributed by atoms with Crippen LogP contribution >= 0.6 is 11.6 Å². The summed E-state index contributed by atoms with van der Waals surface area (Å²) in [4.78, 5) is 17.5. The number of aliphatic hydroxyl groups is 1. The molecule has 2 aliphatic rings. The summed E-state index contributed by atoms with van der Waals surface area (Å²) in [6.45, 7) is 2.47. The fourth-order valence-electron chi connectivity index (χ4n) is 4.87. The first kappa shape index (κ1) is 23.0. The molecule has 4 rings (SSSR count). The zero-order valence-electron chi connectivity index (χ0n) is 18.0. The molecular weight excluding hydrogens is 454 g/mol. The number of hydrogen-bond donors (Lipinski definition) is 2. The van der Waals surface area contributed by atoms with E-state index in [-0.39, 0.29) is 16.6 Å². The maximum Gasteiger partial charge on any atom is 0.270 e. The van der Waals surface area contributed by atoms with Crippen LogP contribution in [-0.2, 0) is 10.0 Å². The van der Waals surface area contributed by atoms with Crippen molar-refractivity contribution in [1.29, 1.82) is 5.26 Å². The molecule has 0 aromatic carbocycles. The van der Waals surface area contributed by atoms with Gasteiger partial charge in [0.05, 0.1) is 23.4 Å². The molecule has 1 aliphatic carbocycles. The van der Waals surface area contributed by atoms with Crippen LogP contribution in [0.3, 0.4) is 0 Å². The predicted molar refractivity (Wildman–Crippen MR) is 122 cm³/mol. The van der Waals surface area contributed by atoms with Gasteiger partial charge >= 0.3 is 0 Å². The quantitative estimate of drug-likeness (QED) is 0.687. The molecule has 172 valence electrons. The molecule has 32 heavy (non-hydrogen) atoms. The highest BCUT2D eigenvalue weighted by molar-refractivity contribution is 7.88. The number of aromatic nitrogens is 2. The third-order valence-corrected chi connectivity index (χ3v) is 8.17. The largest absolute Gasteiger partial charge is 0.388 e. The van der Waals surface area contributed by atoms with E-state index in [2.05, 4.69) is 16.4 Å². The molecule has 2 N–H and O–H groups in total. The van der Waals surface area contributed by atoms with E-state index in [1.807, 2.05) is 0 Å². The Balaban J connectivity index is 1.77.